The molecule has 1 N–H and O–H groups in total. The van der Waals surface area contributed by atoms with Gasteiger partial charge in [0.1, 0.15) is 6.79 Å². The molecule has 0 unspecified atom stereocenters. The number of nitrogens with one attached hydrogen (secondary N) is 1. The van der Waals surface area contributed by atoms with Crippen molar-refractivity contribution in [1.29, 1.82) is 0 Å². The molecule has 0 atom stereocenters. The molecule has 6 nitrogen and oxygen atoms in total. The van der Waals surface area contributed by atoms with Gasteiger partial charge in [-0.05, 0) is 43.2 Å². The maximum atomic E-state index is 13.5. The lowest BCUT2D eigenvalue weighted by atomic mass is 9.95. The van der Waals surface area contributed by atoms with Crippen LogP contribution in [0.2, 0.25) is 10.0 Å². The number of rotatable bonds is 8. The number of carbonyl (C=O) groups is 1. The maximum absolute atomic E-state index is 13.5. The Bertz CT molecular complexity index is 1150. The van der Waals surface area contributed by atoms with Crippen molar-refractivity contribution in [1.82, 2.24) is 15.1 Å². The fraction of sp³-hybridized carbons (Fsp3) is 0.360. The number of hydrogen-bond acceptors (Lipinski definition) is 4. The molecule has 2 aromatic carbocycles. The third-order valence-corrected chi connectivity index (χ3v) is 6.91. The smallest absolute Gasteiger partial charge is 0.272 e. The van der Waals surface area contributed by atoms with Crippen LogP contribution in [0, 0.1) is 0 Å². The highest BCUT2D eigenvalue weighted by Crippen LogP contribution is 2.34. The Kier molecular flexibility index (Phi) is 8.66. The molecule has 0 aliphatic heterocycles. The zero-order chi connectivity index (χ0) is 24.1. The average Bonchev–Trinajstić information content (AvgIpc) is 3.20. The number of aromatic nitrogens is 2. The number of benzene rings is 2. The van der Waals surface area contributed by atoms with Crippen molar-refractivity contribution < 1.29 is 14.3 Å². The fourth-order valence-corrected chi connectivity index (χ4v) is 4.98. The van der Waals surface area contributed by atoms with E-state index in [9.17, 15) is 4.79 Å². The minimum absolute atomic E-state index is 0.0936. The molecule has 0 radical (unpaired) electrons. The molecule has 1 fully saturated rings. The predicted molar refractivity (Wildman–Crippen MR) is 138 cm³/mol. The van der Waals surface area contributed by atoms with E-state index in [0.29, 0.717) is 27.0 Å². The lowest BCUT2D eigenvalue weighted by molar-refractivity contribution is -0.0390. The van der Waals surface area contributed by atoms with Crippen LogP contribution < -0.4 is 5.32 Å². The van der Waals surface area contributed by atoms with Crippen LogP contribution in [0.25, 0.3) is 16.9 Å². The largest absolute Gasteiger partial charge is 0.359 e. The van der Waals surface area contributed by atoms with E-state index < -0.39 is 0 Å². The summed E-state index contributed by atoms with van der Waals surface area (Å²) in [4.78, 5) is 13.5. The molecule has 180 valence electrons. The normalized spacial score (nSPS) is 14.4. The van der Waals surface area contributed by atoms with Crippen LogP contribution in [0.1, 0.15) is 48.2 Å². The summed E-state index contributed by atoms with van der Waals surface area (Å²) in [7, 11) is 1.56. The molecule has 1 aliphatic carbocycles. The summed E-state index contributed by atoms with van der Waals surface area (Å²) in [6.45, 7) is 0.244. The third-order valence-electron chi connectivity index (χ3n) is 5.84. The zero-order valence-corrected chi connectivity index (χ0v) is 21.9. The average molecular weight is 567 g/mol. The van der Waals surface area contributed by atoms with E-state index in [-0.39, 0.29) is 25.3 Å². The molecule has 34 heavy (non-hydrogen) atoms. The van der Waals surface area contributed by atoms with Gasteiger partial charge in [-0.25, -0.2) is 4.68 Å². The maximum Gasteiger partial charge on any atom is 0.272 e. The van der Waals surface area contributed by atoms with Gasteiger partial charge < -0.3 is 14.8 Å². The highest BCUT2D eigenvalue weighted by atomic mass is 79.9. The van der Waals surface area contributed by atoms with Crippen molar-refractivity contribution in [2.75, 3.05) is 13.9 Å². The van der Waals surface area contributed by atoms with Crippen LogP contribution in [-0.4, -0.2) is 35.6 Å². The van der Waals surface area contributed by atoms with Gasteiger partial charge in [-0.15, -0.1) is 0 Å². The standard InChI is InChI=1S/C25H26BrCl2N3O3/c1-33-15-34-14-20-23(25(32)29-19-5-3-2-4-6-19)30-31(22-12-11-18(27)13-21(22)28)24(20)16-7-9-17(26)10-8-16/h7-13,19H,2-6,14-15H2,1H3,(H,29,32). The first kappa shape index (κ1) is 25.2. The Labute approximate surface area is 217 Å². The molecule has 0 bridgehead atoms. The van der Waals surface area contributed by atoms with E-state index >= 15 is 0 Å². The minimum atomic E-state index is -0.217. The van der Waals surface area contributed by atoms with Crippen LogP contribution in [0.3, 0.4) is 0 Å². The van der Waals surface area contributed by atoms with Crippen molar-refractivity contribution >= 4 is 45.0 Å². The summed E-state index contributed by atoms with van der Waals surface area (Å²) in [5, 5.41) is 8.88. The zero-order valence-electron chi connectivity index (χ0n) is 18.8. The third kappa shape index (κ3) is 5.83. The quantitative estimate of drug-likeness (QED) is 0.241. The van der Waals surface area contributed by atoms with Crippen molar-refractivity contribution in [2.24, 2.45) is 0 Å². The van der Waals surface area contributed by atoms with Crippen molar-refractivity contribution in [2.45, 2.75) is 44.8 Å². The van der Waals surface area contributed by atoms with Crippen molar-refractivity contribution in [3.05, 3.63) is 68.2 Å². The highest BCUT2D eigenvalue weighted by Gasteiger charge is 2.27. The second-order valence-corrected chi connectivity index (χ2v) is 10.0. The summed E-state index contributed by atoms with van der Waals surface area (Å²) >= 11 is 16.2. The molecule has 3 aromatic rings. The summed E-state index contributed by atoms with van der Waals surface area (Å²) in [6.07, 6.45) is 5.40. The molecular weight excluding hydrogens is 541 g/mol. The molecule has 4 rings (SSSR count). The van der Waals surface area contributed by atoms with E-state index in [1.165, 1.54) is 6.42 Å². The van der Waals surface area contributed by atoms with E-state index in [1.54, 1.807) is 30.0 Å². The van der Waals surface area contributed by atoms with E-state index in [0.717, 1.165) is 41.4 Å². The Morgan fingerprint density at radius 1 is 1.15 bits per heavy atom. The van der Waals surface area contributed by atoms with Crippen molar-refractivity contribution in [3.8, 4) is 16.9 Å². The number of hydrogen-bond donors (Lipinski definition) is 1. The van der Waals surface area contributed by atoms with Crippen LogP contribution in [0.15, 0.2) is 46.9 Å². The Morgan fingerprint density at radius 3 is 2.56 bits per heavy atom. The Hall–Kier alpha value is -1.90. The summed E-state index contributed by atoms with van der Waals surface area (Å²) in [5.41, 5.74) is 3.19. The predicted octanol–water partition coefficient (Wildman–Crippen LogP) is 6.79. The topological polar surface area (TPSA) is 65.4 Å². The molecule has 1 saturated carbocycles. The summed E-state index contributed by atoms with van der Waals surface area (Å²) in [5.74, 6) is -0.217. The van der Waals surface area contributed by atoms with Gasteiger partial charge in [0.05, 0.1) is 23.0 Å². The van der Waals surface area contributed by atoms with Gasteiger partial charge in [-0.2, -0.15) is 5.10 Å². The molecule has 0 saturated heterocycles. The second-order valence-electron chi connectivity index (χ2n) is 8.25. The summed E-state index contributed by atoms with van der Waals surface area (Å²) in [6, 6.07) is 13.2. The Morgan fingerprint density at radius 2 is 1.88 bits per heavy atom. The van der Waals surface area contributed by atoms with Gasteiger partial charge in [0.25, 0.3) is 5.91 Å². The van der Waals surface area contributed by atoms with Crippen LogP contribution in [-0.2, 0) is 16.1 Å². The minimum Gasteiger partial charge on any atom is -0.359 e. The Balaban J connectivity index is 1.85. The second kappa shape index (κ2) is 11.7. The molecule has 1 aliphatic rings. The number of amides is 1. The molecule has 1 aromatic heterocycles. The molecule has 1 amide bonds. The number of nitrogens with zero attached hydrogens (tertiary/aromatic N) is 2. The first-order chi connectivity index (χ1) is 16.5. The van der Waals surface area contributed by atoms with Crippen molar-refractivity contribution in [3.63, 3.8) is 0 Å². The summed E-state index contributed by atoms with van der Waals surface area (Å²) < 4.78 is 13.4. The molecular formula is C25H26BrCl2N3O3. The molecule has 9 heteroatoms. The van der Waals surface area contributed by atoms with Crippen LogP contribution >= 0.6 is 39.1 Å². The lowest BCUT2D eigenvalue weighted by Crippen LogP contribution is -2.36. The van der Waals surface area contributed by atoms with Gasteiger partial charge in [0.2, 0.25) is 0 Å². The number of ether oxygens (including phenoxy) is 2. The van der Waals surface area contributed by atoms with Gasteiger partial charge in [-0.1, -0.05) is 70.5 Å². The number of halogens is 3. The number of methoxy groups -OCH3 is 1. The molecule has 0 spiro atoms. The van der Waals surface area contributed by atoms with Gasteiger partial charge in [0.15, 0.2) is 5.69 Å². The highest BCUT2D eigenvalue weighted by molar-refractivity contribution is 9.10. The van der Waals surface area contributed by atoms with E-state index in [1.807, 2.05) is 24.3 Å². The van der Waals surface area contributed by atoms with Gasteiger partial charge in [-0.3, -0.25) is 4.79 Å². The molecule has 1 heterocycles. The first-order valence-electron chi connectivity index (χ1n) is 11.2. The van der Waals surface area contributed by atoms with E-state index in [4.69, 9.17) is 37.8 Å². The lowest BCUT2D eigenvalue weighted by Gasteiger charge is -2.22. The van der Waals surface area contributed by atoms with E-state index in [2.05, 4.69) is 21.2 Å². The monoisotopic (exact) mass is 565 g/mol. The van der Waals surface area contributed by atoms with Gasteiger partial charge >= 0.3 is 0 Å². The van der Waals surface area contributed by atoms with Gasteiger partial charge in [0, 0.05) is 33.8 Å². The fourth-order valence-electron chi connectivity index (χ4n) is 4.23. The number of carbonyl (C=O) groups excluding carboxylic acids is 1. The van der Waals surface area contributed by atoms with Crippen LogP contribution in [0.5, 0.6) is 0 Å². The van der Waals surface area contributed by atoms with Crippen LogP contribution in [0.4, 0.5) is 0 Å². The SMILES string of the molecule is COCOCc1c(C(=O)NC2CCCCC2)nn(-c2ccc(Cl)cc2Cl)c1-c1ccc(Br)cc1. The first-order valence-corrected chi connectivity index (χ1v) is 12.7.